The molecule has 3 aromatic rings. The van der Waals surface area contributed by atoms with Crippen LogP contribution in [0.4, 0.5) is 20.6 Å². The number of urea groups is 1. The third kappa shape index (κ3) is 7.24. The van der Waals surface area contributed by atoms with Crippen LogP contribution in [-0.2, 0) is 16.0 Å². The van der Waals surface area contributed by atoms with Crippen molar-refractivity contribution < 1.29 is 23.9 Å². The second-order valence-corrected chi connectivity index (χ2v) is 8.92. The second-order valence-electron chi connectivity index (χ2n) is 8.92. The molecule has 0 saturated carbocycles. The fraction of sp³-hybridized carbons (Fsp3) is 0.167. The molecular weight excluding hydrogens is 471 g/mol. The lowest BCUT2D eigenvalue weighted by molar-refractivity contribution is -0.144. The number of hydrogen-bond donors (Lipinski definition) is 3. The van der Waals surface area contributed by atoms with E-state index in [4.69, 9.17) is 0 Å². The molecule has 0 aromatic heterocycles. The molecule has 0 heterocycles. The number of carbonyl (C=O) groups excluding carboxylic acids is 2. The van der Waals surface area contributed by atoms with E-state index in [-0.39, 0.29) is 23.9 Å². The minimum Gasteiger partial charge on any atom is -0.481 e. The van der Waals surface area contributed by atoms with Gasteiger partial charge < -0.3 is 15.7 Å². The molecule has 3 aromatic carbocycles. The Morgan fingerprint density at radius 1 is 0.892 bits per heavy atom. The first-order valence-corrected chi connectivity index (χ1v) is 12.0. The molecule has 0 spiro atoms. The SMILES string of the molecule is O=C(Nc1ccc(F)cc1)Nc1ccc(C2=CCC(C(=O)CC(Cc3ccccc3)C(=O)O)C=C2)cc1. The number of Topliss-reactive ketones (excluding diaryl/α,β-unsaturated/α-hetero) is 1. The average Bonchev–Trinajstić information content (AvgIpc) is 2.90. The van der Waals surface area contributed by atoms with Gasteiger partial charge in [-0.1, -0.05) is 60.7 Å². The molecule has 1 aliphatic rings. The largest absolute Gasteiger partial charge is 0.481 e. The lowest BCUT2D eigenvalue weighted by atomic mass is 9.85. The van der Waals surface area contributed by atoms with E-state index >= 15 is 0 Å². The Hall–Kier alpha value is -4.52. The number of anilines is 2. The minimum atomic E-state index is -0.965. The molecule has 3 N–H and O–H groups in total. The lowest BCUT2D eigenvalue weighted by Gasteiger charge is -2.18. The van der Waals surface area contributed by atoms with Crippen molar-refractivity contribution in [1.82, 2.24) is 0 Å². The van der Waals surface area contributed by atoms with Crippen molar-refractivity contribution in [2.45, 2.75) is 19.3 Å². The third-order valence-electron chi connectivity index (χ3n) is 6.21. The zero-order valence-electron chi connectivity index (χ0n) is 20.1. The van der Waals surface area contributed by atoms with Crippen molar-refractivity contribution in [3.63, 3.8) is 0 Å². The van der Waals surface area contributed by atoms with Crippen molar-refractivity contribution in [3.05, 3.63) is 114 Å². The summed E-state index contributed by atoms with van der Waals surface area (Å²) < 4.78 is 13.0. The first-order valence-electron chi connectivity index (χ1n) is 12.0. The van der Waals surface area contributed by atoms with Crippen LogP contribution in [0, 0.1) is 17.7 Å². The minimum absolute atomic E-state index is 0.0112. The number of allylic oxidation sites excluding steroid dienone is 4. The summed E-state index contributed by atoms with van der Waals surface area (Å²) in [6, 6.07) is 21.6. The van der Waals surface area contributed by atoms with Crippen molar-refractivity contribution >= 4 is 34.7 Å². The van der Waals surface area contributed by atoms with Gasteiger partial charge in [-0.2, -0.15) is 0 Å². The number of benzene rings is 3. The van der Waals surface area contributed by atoms with Gasteiger partial charge >= 0.3 is 12.0 Å². The van der Waals surface area contributed by atoms with Gasteiger partial charge in [0.1, 0.15) is 11.6 Å². The summed E-state index contributed by atoms with van der Waals surface area (Å²) >= 11 is 0. The van der Waals surface area contributed by atoms with Crippen LogP contribution >= 0.6 is 0 Å². The summed E-state index contributed by atoms with van der Waals surface area (Å²) in [5.74, 6) is -2.53. The van der Waals surface area contributed by atoms with E-state index in [1.54, 1.807) is 12.1 Å². The topological polar surface area (TPSA) is 95.5 Å². The number of carbonyl (C=O) groups is 3. The highest BCUT2D eigenvalue weighted by Gasteiger charge is 2.26. The molecule has 6 nitrogen and oxygen atoms in total. The van der Waals surface area contributed by atoms with Crippen LogP contribution in [0.25, 0.3) is 5.57 Å². The van der Waals surface area contributed by atoms with Crippen LogP contribution in [0.3, 0.4) is 0 Å². The normalized spacial score (nSPS) is 15.4. The highest BCUT2D eigenvalue weighted by Crippen LogP contribution is 2.27. The van der Waals surface area contributed by atoms with Crippen LogP contribution in [0.1, 0.15) is 24.0 Å². The third-order valence-corrected chi connectivity index (χ3v) is 6.21. The monoisotopic (exact) mass is 498 g/mol. The van der Waals surface area contributed by atoms with E-state index in [2.05, 4.69) is 10.6 Å². The van der Waals surface area contributed by atoms with E-state index in [1.807, 2.05) is 60.7 Å². The van der Waals surface area contributed by atoms with E-state index in [0.29, 0.717) is 24.2 Å². The zero-order valence-corrected chi connectivity index (χ0v) is 20.1. The van der Waals surface area contributed by atoms with Crippen LogP contribution in [-0.4, -0.2) is 22.9 Å². The van der Waals surface area contributed by atoms with Gasteiger partial charge in [0, 0.05) is 23.7 Å². The molecule has 2 atom stereocenters. The van der Waals surface area contributed by atoms with Gasteiger partial charge in [0.15, 0.2) is 0 Å². The van der Waals surface area contributed by atoms with E-state index in [0.717, 1.165) is 16.7 Å². The van der Waals surface area contributed by atoms with Crippen molar-refractivity contribution in [2.75, 3.05) is 10.6 Å². The number of rotatable bonds is 9. The smallest absolute Gasteiger partial charge is 0.323 e. The maximum atomic E-state index is 13.0. The predicted molar refractivity (Wildman–Crippen MR) is 142 cm³/mol. The lowest BCUT2D eigenvalue weighted by Crippen LogP contribution is -2.24. The Balaban J connectivity index is 1.30. The first-order chi connectivity index (χ1) is 17.9. The van der Waals surface area contributed by atoms with Crippen molar-refractivity contribution in [1.29, 1.82) is 0 Å². The van der Waals surface area contributed by atoms with E-state index < -0.39 is 17.9 Å². The summed E-state index contributed by atoms with van der Waals surface area (Å²) in [5.41, 5.74) is 3.85. The first kappa shape index (κ1) is 25.6. The average molecular weight is 499 g/mol. The van der Waals surface area contributed by atoms with Gasteiger partial charge in [-0.3, -0.25) is 9.59 Å². The summed E-state index contributed by atoms with van der Waals surface area (Å²) in [6.07, 6.45) is 6.50. The van der Waals surface area contributed by atoms with Crippen molar-refractivity contribution in [3.8, 4) is 0 Å². The van der Waals surface area contributed by atoms with Crippen LogP contribution in [0.15, 0.2) is 97.1 Å². The molecule has 1 aliphatic carbocycles. The number of halogens is 1. The van der Waals surface area contributed by atoms with Gasteiger partial charge in [-0.15, -0.1) is 0 Å². The molecule has 0 saturated heterocycles. The van der Waals surface area contributed by atoms with Gasteiger partial charge in [0.25, 0.3) is 0 Å². The van der Waals surface area contributed by atoms with Crippen LogP contribution < -0.4 is 10.6 Å². The van der Waals surface area contributed by atoms with Gasteiger partial charge in [0.05, 0.1) is 5.92 Å². The molecular formula is C30H27FN2O4. The Labute approximate surface area is 214 Å². The Morgan fingerprint density at radius 2 is 1.51 bits per heavy atom. The number of carboxylic acid groups (broad SMARTS) is 1. The summed E-state index contributed by atoms with van der Waals surface area (Å²) in [6.45, 7) is 0. The van der Waals surface area contributed by atoms with Gasteiger partial charge in [-0.05, 0) is 65.9 Å². The quantitative estimate of drug-likeness (QED) is 0.321. The predicted octanol–water partition coefficient (Wildman–Crippen LogP) is 6.33. The number of aliphatic carboxylic acids is 1. The number of amides is 2. The maximum Gasteiger partial charge on any atom is 0.323 e. The molecule has 0 aliphatic heterocycles. The molecule has 0 fully saturated rings. The molecule has 7 heteroatoms. The highest BCUT2D eigenvalue weighted by atomic mass is 19.1. The highest BCUT2D eigenvalue weighted by molar-refractivity contribution is 5.99. The Morgan fingerprint density at radius 3 is 2.08 bits per heavy atom. The molecule has 0 bridgehead atoms. The molecule has 0 radical (unpaired) electrons. The molecule has 4 rings (SSSR count). The van der Waals surface area contributed by atoms with Crippen molar-refractivity contribution in [2.24, 2.45) is 11.8 Å². The molecule has 188 valence electrons. The van der Waals surface area contributed by atoms with Crippen LogP contribution in [0.5, 0.6) is 0 Å². The molecule has 37 heavy (non-hydrogen) atoms. The number of nitrogens with one attached hydrogen (secondary N) is 2. The standard InChI is InChI=1S/C30H27FN2O4/c31-25-12-16-27(17-13-25)33-30(37)32-26-14-10-22(11-15-26)21-6-8-23(9-7-21)28(34)19-24(29(35)36)18-20-4-2-1-3-5-20/h1-8,10-17,23-24H,9,18-19H2,(H,35,36)(H2,32,33,37). The Bertz CT molecular complexity index is 1320. The maximum absolute atomic E-state index is 13.0. The van der Waals surface area contributed by atoms with Gasteiger partial charge in [0.2, 0.25) is 0 Å². The van der Waals surface area contributed by atoms with Gasteiger partial charge in [-0.25, -0.2) is 9.18 Å². The number of hydrogen-bond acceptors (Lipinski definition) is 3. The van der Waals surface area contributed by atoms with Crippen LogP contribution in [0.2, 0.25) is 0 Å². The number of ketones is 1. The Kier molecular flexibility index (Phi) is 8.26. The zero-order chi connectivity index (χ0) is 26.2. The summed E-state index contributed by atoms with van der Waals surface area (Å²) in [5, 5.41) is 15.0. The number of carboxylic acids is 1. The van der Waals surface area contributed by atoms with E-state index in [1.165, 1.54) is 24.3 Å². The summed E-state index contributed by atoms with van der Waals surface area (Å²) in [4.78, 5) is 36.7. The summed E-state index contributed by atoms with van der Waals surface area (Å²) in [7, 11) is 0. The fourth-order valence-corrected chi connectivity index (χ4v) is 4.19. The van der Waals surface area contributed by atoms with E-state index in [9.17, 15) is 23.9 Å². The molecule has 2 amide bonds. The molecule has 2 unspecified atom stereocenters. The second kappa shape index (κ2) is 11.9. The fourth-order valence-electron chi connectivity index (χ4n) is 4.19.